The number of carbonyl (C=O) groups is 2. The second-order valence-electron chi connectivity index (χ2n) is 11.1. The zero-order valence-corrected chi connectivity index (χ0v) is 24.2. The van der Waals surface area contributed by atoms with Gasteiger partial charge in [0, 0.05) is 49.7 Å². The maximum Gasteiger partial charge on any atom is 0.254 e. The van der Waals surface area contributed by atoms with E-state index in [9.17, 15) is 19.2 Å². The first-order valence-corrected chi connectivity index (χ1v) is 14.3. The van der Waals surface area contributed by atoms with Gasteiger partial charge in [0.05, 0.1) is 17.8 Å². The average molecular weight is 570 g/mol. The highest BCUT2D eigenvalue weighted by molar-refractivity contribution is 5.99. The number of amides is 2. The Morgan fingerprint density at radius 2 is 1.81 bits per heavy atom. The van der Waals surface area contributed by atoms with Gasteiger partial charge in [-0.3, -0.25) is 9.59 Å². The van der Waals surface area contributed by atoms with Crippen LogP contribution >= 0.6 is 0 Å². The molecule has 10 heteroatoms. The number of carbonyl (C=O) groups excluding carboxylic acids is 2. The lowest BCUT2D eigenvalue weighted by Gasteiger charge is -2.41. The average Bonchev–Trinajstić information content (AvgIpc) is 2.99. The Morgan fingerprint density at radius 3 is 2.48 bits per heavy atom. The number of halogens is 1. The number of anilines is 3. The highest BCUT2D eigenvalue weighted by Crippen LogP contribution is 2.32. The summed E-state index contributed by atoms with van der Waals surface area (Å²) in [5.74, 6) is -0.360. The number of nitrogens with one attached hydrogen (secondary N) is 1. The minimum absolute atomic E-state index is 0.116. The van der Waals surface area contributed by atoms with Gasteiger partial charge in [-0.05, 0) is 80.6 Å². The van der Waals surface area contributed by atoms with E-state index in [1.54, 1.807) is 17.2 Å². The minimum atomic E-state index is -0.672. The number of piperazine rings is 1. The number of primary amides is 1. The Balaban J connectivity index is 1.31. The number of rotatable bonds is 6. The molecule has 3 N–H and O–H groups in total. The van der Waals surface area contributed by atoms with Crippen molar-refractivity contribution in [3.8, 4) is 6.07 Å². The molecule has 1 unspecified atom stereocenters. The quantitative estimate of drug-likeness (QED) is 0.462. The topological polar surface area (TPSA) is 119 Å². The first kappa shape index (κ1) is 28.9. The van der Waals surface area contributed by atoms with Crippen LogP contribution in [0.25, 0.3) is 0 Å². The van der Waals surface area contributed by atoms with Gasteiger partial charge >= 0.3 is 0 Å². The lowest BCUT2D eigenvalue weighted by atomic mass is 9.94. The van der Waals surface area contributed by atoms with Crippen LogP contribution < -0.4 is 20.9 Å². The SMILES string of the molecule is Cc1cc(C)c(C(=O)N2CCN(c3ccccn3)C(C(N)=O)C2)c(C)c1NC1CCN(c2ccc(F)cc2C#N)CC1. The van der Waals surface area contributed by atoms with Gasteiger partial charge in [-0.2, -0.15) is 5.26 Å². The number of hydrogen-bond donors (Lipinski definition) is 2. The molecule has 2 aromatic carbocycles. The van der Waals surface area contributed by atoms with Crippen molar-refractivity contribution < 1.29 is 14.0 Å². The molecule has 9 nitrogen and oxygen atoms in total. The summed E-state index contributed by atoms with van der Waals surface area (Å²) in [5.41, 5.74) is 11.3. The summed E-state index contributed by atoms with van der Waals surface area (Å²) in [6, 6.07) is 13.5. The van der Waals surface area contributed by atoms with E-state index in [0.29, 0.717) is 30.0 Å². The van der Waals surface area contributed by atoms with Gasteiger partial charge in [-0.1, -0.05) is 12.1 Å². The second-order valence-corrected chi connectivity index (χ2v) is 11.1. The molecule has 2 fully saturated rings. The number of nitrogens with zero attached hydrogens (tertiary/aromatic N) is 5. The number of nitriles is 1. The molecule has 218 valence electrons. The molecular formula is C32H36FN7O2. The third-order valence-electron chi connectivity index (χ3n) is 8.39. The number of aromatic nitrogens is 1. The molecule has 2 aliphatic heterocycles. The van der Waals surface area contributed by atoms with Crippen LogP contribution in [0.2, 0.25) is 0 Å². The van der Waals surface area contributed by atoms with Gasteiger partial charge in [0.2, 0.25) is 5.91 Å². The molecule has 3 aromatic rings. The molecule has 3 heterocycles. The first-order chi connectivity index (χ1) is 20.2. The van der Waals surface area contributed by atoms with Crippen molar-refractivity contribution in [2.24, 2.45) is 5.73 Å². The Hall–Kier alpha value is -4.65. The summed E-state index contributed by atoms with van der Waals surface area (Å²) in [6.45, 7) is 8.49. The molecule has 0 aliphatic carbocycles. The second kappa shape index (κ2) is 12.1. The number of benzene rings is 2. The highest BCUT2D eigenvalue weighted by atomic mass is 19.1. The monoisotopic (exact) mass is 569 g/mol. The van der Waals surface area contributed by atoms with Crippen molar-refractivity contribution in [3.63, 3.8) is 0 Å². The van der Waals surface area contributed by atoms with Gasteiger partial charge in [-0.15, -0.1) is 0 Å². The van der Waals surface area contributed by atoms with Crippen molar-refractivity contribution in [1.29, 1.82) is 5.26 Å². The van der Waals surface area contributed by atoms with Crippen molar-refractivity contribution in [2.75, 3.05) is 47.8 Å². The van der Waals surface area contributed by atoms with Crippen LogP contribution in [0, 0.1) is 37.9 Å². The molecular weight excluding hydrogens is 533 g/mol. The van der Waals surface area contributed by atoms with Crippen molar-refractivity contribution >= 4 is 29.0 Å². The highest BCUT2D eigenvalue weighted by Gasteiger charge is 2.35. The van der Waals surface area contributed by atoms with E-state index in [-0.39, 0.29) is 18.5 Å². The Morgan fingerprint density at radius 1 is 1.05 bits per heavy atom. The van der Waals surface area contributed by atoms with E-state index in [1.165, 1.54) is 12.1 Å². The van der Waals surface area contributed by atoms with Gasteiger partial charge in [-0.25, -0.2) is 9.37 Å². The molecule has 42 heavy (non-hydrogen) atoms. The molecule has 2 saturated heterocycles. The van der Waals surface area contributed by atoms with Crippen molar-refractivity contribution in [3.05, 3.63) is 82.3 Å². The molecule has 1 aromatic heterocycles. The van der Waals surface area contributed by atoms with Gasteiger partial charge in [0.15, 0.2) is 0 Å². The van der Waals surface area contributed by atoms with E-state index in [4.69, 9.17) is 5.73 Å². The molecule has 5 rings (SSSR count). The predicted octanol–water partition coefficient (Wildman–Crippen LogP) is 3.91. The number of nitrogens with two attached hydrogens (primary N) is 1. The fourth-order valence-electron chi connectivity index (χ4n) is 6.25. The van der Waals surface area contributed by atoms with E-state index < -0.39 is 17.8 Å². The molecule has 0 bridgehead atoms. The van der Waals surface area contributed by atoms with Gasteiger partial charge in [0.1, 0.15) is 23.7 Å². The lowest BCUT2D eigenvalue weighted by Crippen LogP contribution is -2.59. The minimum Gasteiger partial charge on any atom is -0.382 e. The Labute approximate surface area is 245 Å². The molecule has 2 amide bonds. The molecule has 0 spiro atoms. The number of pyridine rings is 1. The zero-order chi connectivity index (χ0) is 30.0. The van der Waals surface area contributed by atoms with E-state index in [0.717, 1.165) is 54.0 Å². The smallest absolute Gasteiger partial charge is 0.254 e. The van der Waals surface area contributed by atoms with Crippen molar-refractivity contribution in [2.45, 2.75) is 45.7 Å². The zero-order valence-electron chi connectivity index (χ0n) is 24.2. The summed E-state index contributed by atoms with van der Waals surface area (Å²) in [7, 11) is 0. The molecule has 0 saturated carbocycles. The number of aryl methyl sites for hydroxylation is 2. The van der Waals surface area contributed by atoms with Gasteiger partial charge < -0.3 is 25.8 Å². The fraction of sp³-hybridized carbons (Fsp3) is 0.375. The van der Waals surface area contributed by atoms with Crippen LogP contribution in [0.15, 0.2) is 48.7 Å². The molecule has 1 atom stereocenters. The molecule has 0 radical (unpaired) electrons. The van der Waals surface area contributed by atoms with Crippen LogP contribution in [0.5, 0.6) is 0 Å². The predicted molar refractivity (Wildman–Crippen MR) is 161 cm³/mol. The van der Waals surface area contributed by atoms with Crippen molar-refractivity contribution in [1.82, 2.24) is 9.88 Å². The Kier molecular flexibility index (Phi) is 8.29. The summed E-state index contributed by atoms with van der Waals surface area (Å²) in [5, 5.41) is 13.2. The normalized spacial score (nSPS) is 17.6. The maximum absolute atomic E-state index is 13.9. The maximum atomic E-state index is 13.9. The molecule has 2 aliphatic rings. The summed E-state index contributed by atoms with van der Waals surface area (Å²) < 4.78 is 13.6. The summed E-state index contributed by atoms with van der Waals surface area (Å²) in [4.78, 5) is 36.5. The van der Waals surface area contributed by atoms with E-state index >= 15 is 0 Å². The fourth-order valence-corrected chi connectivity index (χ4v) is 6.25. The van der Waals surface area contributed by atoms with Crippen LogP contribution in [-0.2, 0) is 4.79 Å². The van der Waals surface area contributed by atoms with Crippen LogP contribution in [0.3, 0.4) is 0 Å². The van der Waals surface area contributed by atoms with Crippen LogP contribution in [0.1, 0.15) is 45.5 Å². The first-order valence-electron chi connectivity index (χ1n) is 14.3. The third-order valence-corrected chi connectivity index (χ3v) is 8.39. The third kappa shape index (κ3) is 5.73. The summed E-state index contributed by atoms with van der Waals surface area (Å²) in [6.07, 6.45) is 3.33. The number of hydrogen-bond acceptors (Lipinski definition) is 7. The lowest BCUT2D eigenvalue weighted by molar-refractivity contribution is -0.119. The standard InChI is InChI=1S/C32H36FN7O2/c1-20-16-21(2)30(37-25-9-12-38(13-10-25)26-8-7-24(33)17-23(26)18-34)22(3)29(20)32(42)39-14-15-40(27(19-39)31(35)41)28-6-4-5-11-36-28/h4-8,11,16-17,25,27,37H,9-10,12-15,19H2,1-3H3,(H2,35,41). The van der Waals surface area contributed by atoms with Crippen LogP contribution in [-0.4, -0.2) is 66.5 Å². The summed E-state index contributed by atoms with van der Waals surface area (Å²) >= 11 is 0. The van der Waals surface area contributed by atoms with Crippen LogP contribution in [0.4, 0.5) is 21.6 Å². The largest absolute Gasteiger partial charge is 0.382 e. The number of piperidine rings is 1. The Bertz CT molecular complexity index is 1530. The van der Waals surface area contributed by atoms with E-state index in [1.807, 2.05) is 49.9 Å². The van der Waals surface area contributed by atoms with E-state index in [2.05, 4.69) is 21.3 Å². The van der Waals surface area contributed by atoms with Gasteiger partial charge in [0.25, 0.3) is 5.91 Å².